The van der Waals surface area contributed by atoms with Crippen LogP contribution in [0.4, 0.5) is 0 Å². The summed E-state index contributed by atoms with van der Waals surface area (Å²) in [6.07, 6.45) is 9.96. The van der Waals surface area contributed by atoms with Gasteiger partial charge >= 0.3 is 0 Å². The van der Waals surface area contributed by atoms with Gasteiger partial charge in [0.2, 0.25) is 5.91 Å². The van der Waals surface area contributed by atoms with Crippen molar-refractivity contribution in [2.24, 2.45) is 17.6 Å². The van der Waals surface area contributed by atoms with Gasteiger partial charge in [-0.05, 0) is 17.9 Å². The van der Waals surface area contributed by atoms with Gasteiger partial charge in [-0.25, -0.2) is 0 Å². The van der Waals surface area contributed by atoms with Gasteiger partial charge in [0, 0.05) is 18.5 Å². The second-order valence-corrected chi connectivity index (χ2v) is 5.34. The molecule has 2 unspecified atom stereocenters. The second kappa shape index (κ2) is 10.2. The van der Waals surface area contributed by atoms with Crippen LogP contribution < -0.4 is 11.1 Å². The summed E-state index contributed by atoms with van der Waals surface area (Å²) in [6.45, 7) is 13.9. The van der Waals surface area contributed by atoms with Crippen LogP contribution in [0.5, 0.6) is 0 Å². The molecule has 0 aliphatic heterocycles. The molecule has 1 amide bonds. The molecule has 0 fully saturated rings. The van der Waals surface area contributed by atoms with Crippen LogP contribution in [0.25, 0.3) is 0 Å². The number of hydrogen-bond acceptors (Lipinski definition) is 2. The third-order valence-electron chi connectivity index (χ3n) is 2.97. The highest BCUT2D eigenvalue weighted by Crippen LogP contribution is 2.13. The minimum Gasteiger partial charge on any atom is -0.356 e. The first-order valence-corrected chi connectivity index (χ1v) is 7.07. The molecule has 0 saturated heterocycles. The normalized spacial score (nSPS) is 15.2. The van der Waals surface area contributed by atoms with Crippen LogP contribution in [-0.2, 0) is 4.79 Å². The predicted molar refractivity (Wildman–Crippen MR) is 87.2 cm³/mol. The SMILES string of the molecule is C=C/C=C\C(=C/C=C)C(N)CC(C)CNC(=O)C(C)C. The van der Waals surface area contributed by atoms with Crippen molar-refractivity contribution in [1.82, 2.24) is 5.32 Å². The molecule has 20 heavy (non-hydrogen) atoms. The Balaban J connectivity index is 4.41. The molecule has 0 aromatic rings. The van der Waals surface area contributed by atoms with Crippen molar-refractivity contribution < 1.29 is 4.79 Å². The van der Waals surface area contributed by atoms with Gasteiger partial charge in [0.25, 0.3) is 0 Å². The van der Waals surface area contributed by atoms with E-state index in [0.717, 1.165) is 12.0 Å². The van der Waals surface area contributed by atoms with Crippen molar-refractivity contribution in [3.05, 3.63) is 49.1 Å². The number of amides is 1. The van der Waals surface area contributed by atoms with Crippen molar-refractivity contribution >= 4 is 5.91 Å². The molecule has 3 heteroatoms. The number of carbonyl (C=O) groups is 1. The lowest BCUT2D eigenvalue weighted by molar-refractivity contribution is -0.124. The summed E-state index contributed by atoms with van der Waals surface area (Å²) in [5.74, 6) is 0.416. The lowest BCUT2D eigenvalue weighted by Crippen LogP contribution is -2.34. The van der Waals surface area contributed by atoms with E-state index in [-0.39, 0.29) is 17.9 Å². The monoisotopic (exact) mass is 276 g/mol. The molecule has 3 N–H and O–H groups in total. The summed E-state index contributed by atoms with van der Waals surface area (Å²) in [7, 11) is 0. The lowest BCUT2D eigenvalue weighted by atomic mass is 9.95. The fraction of sp³-hybridized carbons (Fsp3) is 0.471. The van der Waals surface area contributed by atoms with Crippen LogP contribution in [0, 0.1) is 11.8 Å². The summed E-state index contributed by atoms with van der Waals surface area (Å²) in [6, 6.07) is -0.0739. The standard InChI is InChI=1S/C17H28N2O/c1-6-8-10-15(9-7-2)16(18)11-14(5)12-19-17(20)13(3)4/h6-10,13-14,16H,1-2,11-12,18H2,3-5H3,(H,19,20)/b10-8-,15-9+. The maximum Gasteiger partial charge on any atom is 0.222 e. The Hall–Kier alpha value is -1.61. The Kier molecular flexibility index (Phi) is 9.39. The van der Waals surface area contributed by atoms with Gasteiger partial charge in [-0.2, -0.15) is 0 Å². The maximum absolute atomic E-state index is 11.5. The van der Waals surface area contributed by atoms with Crippen LogP contribution >= 0.6 is 0 Å². The Bertz CT molecular complexity index is 380. The average Bonchev–Trinajstić information content (AvgIpc) is 2.40. The quantitative estimate of drug-likeness (QED) is 0.636. The molecule has 0 aromatic carbocycles. The molecule has 0 heterocycles. The van der Waals surface area contributed by atoms with E-state index in [9.17, 15) is 4.79 Å². The maximum atomic E-state index is 11.5. The van der Waals surface area contributed by atoms with Crippen molar-refractivity contribution in [2.75, 3.05) is 6.54 Å². The minimum atomic E-state index is -0.0739. The Morgan fingerprint density at radius 1 is 1.25 bits per heavy atom. The lowest BCUT2D eigenvalue weighted by Gasteiger charge is -2.19. The third-order valence-corrected chi connectivity index (χ3v) is 2.97. The first-order valence-electron chi connectivity index (χ1n) is 7.07. The molecule has 0 spiro atoms. The van der Waals surface area contributed by atoms with E-state index in [1.165, 1.54) is 0 Å². The van der Waals surface area contributed by atoms with Crippen molar-refractivity contribution in [3.8, 4) is 0 Å². The van der Waals surface area contributed by atoms with Gasteiger partial charge in [-0.3, -0.25) is 4.79 Å². The van der Waals surface area contributed by atoms with Crippen molar-refractivity contribution in [3.63, 3.8) is 0 Å². The number of hydrogen-bond donors (Lipinski definition) is 2. The first-order chi connectivity index (χ1) is 9.42. The Labute approximate surface area is 123 Å². The first kappa shape index (κ1) is 18.4. The summed E-state index contributed by atoms with van der Waals surface area (Å²) in [4.78, 5) is 11.5. The van der Waals surface area contributed by atoms with E-state index in [1.54, 1.807) is 12.2 Å². The fourth-order valence-corrected chi connectivity index (χ4v) is 1.75. The molecule has 0 aromatic heterocycles. The molecule has 0 bridgehead atoms. The molecule has 0 saturated carbocycles. The van der Waals surface area contributed by atoms with Gasteiger partial charge in [-0.1, -0.05) is 64.3 Å². The molecule has 0 aliphatic rings. The zero-order valence-electron chi connectivity index (χ0n) is 12.9. The van der Waals surface area contributed by atoms with Crippen molar-refractivity contribution in [1.29, 1.82) is 0 Å². The molecule has 112 valence electrons. The highest BCUT2D eigenvalue weighted by atomic mass is 16.1. The van der Waals surface area contributed by atoms with E-state index in [0.29, 0.717) is 12.5 Å². The third kappa shape index (κ3) is 7.74. The number of carbonyl (C=O) groups excluding carboxylic acids is 1. The van der Waals surface area contributed by atoms with Crippen LogP contribution in [0.1, 0.15) is 27.2 Å². The summed E-state index contributed by atoms with van der Waals surface area (Å²) in [5, 5.41) is 2.93. The smallest absolute Gasteiger partial charge is 0.222 e. The van der Waals surface area contributed by atoms with E-state index >= 15 is 0 Å². The molecule has 2 atom stereocenters. The van der Waals surface area contributed by atoms with Gasteiger partial charge < -0.3 is 11.1 Å². The summed E-state index contributed by atoms with van der Waals surface area (Å²) < 4.78 is 0. The van der Waals surface area contributed by atoms with Gasteiger partial charge in [0.15, 0.2) is 0 Å². The highest BCUT2D eigenvalue weighted by molar-refractivity contribution is 5.77. The van der Waals surface area contributed by atoms with Crippen LogP contribution in [-0.4, -0.2) is 18.5 Å². The topological polar surface area (TPSA) is 55.1 Å². The highest BCUT2D eigenvalue weighted by Gasteiger charge is 2.13. The number of nitrogens with one attached hydrogen (secondary N) is 1. The second-order valence-electron chi connectivity index (χ2n) is 5.34. The predicted octanol–water partition coefficient (Wildman–Crippen LogP) is 2.97. The Morgan fingerprint density at radius 2 is 1.90 bits per heavy atom. The van der Waals surface area contributed by atoms with Gasteiger partial charge in [-0.15, -0.1) is 0 Å². The number of rotatable bonds is 9. The van der Waals surface area contributed by atoms with E-state index < -0.39 is 0 Å². The molecule has 0 aliphatic carbocycles. The summed E-state index contributed by atoms with van der Waals surface area (Å²) in [5.41, 5.74) is 7.21. The van der Waals surface area contributed by atoms with Gasteiger partial charge in [0.1, 0.15) is 0 Å². The molecular weight excluding hydrogens is 248 g/mol. The zero-order valence-corrected chi connectivity index (χ0v) is 12.9. The average molecular weight is 276 g/mol. The van der Waals surface area contributed by atoms with E-state index in [1.807, 2.05) is 32.1 Å². The summed E-state index contributed by atoms with van der Waals surface area (Å²) >= 11 is 0. The van der Waals surface area contributed by atoms with E-state index in [4.69, 9.17) is 5.73 Å². The minimum absolute atomic E-state index is 0.0163. The van der Waals surface area contributed by atoms with Crippen LogP contribution in [0.15, 0.2) is 49.1 Å². The van der Waals surface area contributed by atoms with E-state index in [2.05, 4.69) is 25.4 Å². The van der Waals surface area contributed by atoms with Gasteiger partial charge in [0.05, 0.1) is 0 Å². The van der Waals surface area contributed by atoms with Crippen LogP contribution in [0.3, 0.4) is 0 Å². The fourth-order valence-electron chi connectivity index (χ4n) is 1.75. The largest absolute Gasteiger partial charge is 0.356 e. The number of allylic oxidation sites excluding steroid dienone is 4. The molecule has 3 nitrogen and oxygen atoms in total. The molecule has 0 radical (unpaired) electrons. The Morgan fingerprint density at radius 3 is 2.40 bits per heavy atom. The molecule has 0 rings (SSSR count). The number of nitrogens with two attached hydrogens (primary N) is 1. The molecular formula is C17H28N2O. The van der Waals surface area contributed by atoms with Crippen LogP contribution in [0.2, 0.25) is 0 Å². The van der Waals surface area contributed by atoms with Crippen molar-refractivity contribution in [2.45, 2.75) is 33.2 Å². The zero-order chi connectivity index (χ0) is 15.5.